The smallest absolute Gasteiger partial charge is 0.124 e. The molecule has 0 saturated heterocycles. The molecule has 1 rings (SSSR count). The van der Waals surface area contributed by atoms with Crippen molar-refractivity contribution >= 4 is 26.9 Å². The van der Waals surface area contributed by atoms with Crippen molar-refractivity contribution in [3.8, 4) is 0 Å². The first-order valence-corrected chi connectivity index (χ1v) is 7.93. The van der Waals surface area contributed by atoms with Crippen LogP contribution in [-0.2, 0) is 11.0 Å². The molecule has 1 aromatic rings. The first kappa shape index (κ1) is 16.5. The van der Waals surface area contributed by atoms with Gasteiger partial charge in [0, 0.05) is 10.5 Å². The van der Waals surface area contributed by atoms with Gasteiger partial charge in [-0.1, -0.05) is 22.0 Å². The minimum absolute atomic E-state index is 0.218. The van der Waals surface area contributed by atoms with Gasteiger partial charge in [-0.3, -0.25) is 0 Å². The first-order valence-electron chi connectivity index (χ1n) is 5.99. The Balaban J connectivity index is 3.00. The van der Waals surface area contributed by atoms with E-state index in [1.54, 1.807) is 6.08 Å². The van der Waals surface area contributed by atoms with Gasteiger partial charge in [0.1, 0.15) is 5.82 Å². The molecule has 0 bridgehead atoms. The summed E-state index contributed by atoms with van der Waals surface area (Å²) in [6.45, 7) is 9.37. The van der Waals surface area contributed by atoms with Crippen LogP contribution in [0.1, 0.15) is 38.8 Å². The van der Waals surface area contributed by atoms with Crippen LogP contribution in [0.5, 0.6) is 0 Å². The average molecular weight is 348 g/mol. The summed E-state index contributed by atoms with van der Waals surface area (Å²) in [6.07, 6.45) is 2.31. The van der Waals surface area contributed by atoms with E-state index < -0.39 is 11.0 Å². The Kier molecular flexibility index (Phi) is 5.89. The molecule has 0 aliphatic carbocycles. The summed E-state index contributed by atoms with van der Waals surface area (Å²) >= 11 is 3.27. The topological polar surface area (TPSA) is 29.1 Å². The quantitative estimate of drug-likeness (QED) is 0.792. The van der Waals surface area contributed by atoms with Gasteiger partial charge in [0.15, 0.2) is 0 Å². The van der Waals surface area contributed by atoms with Gasteiger partial charge in [-0.2, -0.15) is 0 Å². The first-order chi connectivity index (χ1) is 8.74. The summed E-state index contributed by atoms with van der Waals surface area (Å²) < 4.78 is 28.9. The molecule has 0 heterocycles. The molecule has 0 fully saturated rings. The van der Waals surface area contributed by atoms with E-state index in [-0.39, 0.29) is 16.6 Å². The second kappa shape index (κ2) is 6.77. The molecular weight excluding hydrogens is 329 g/mol. The summed E-state index contributed by atoms with van der Waals surface area (Å²) in [5.74, 6) is -0.318. The molecule has 5 heteroatoms. The molecule has 1 N–H and O–H groups in total. The van der Waals surface area contributed by atoms with Crippen molar-refractivity contribution in [2.24, 2.45) is 0 Å². The number of benzene rings is 1. The van der Waals surface area contributed by atoms with Crippen LogP contribution >= 0.6 is 15.9 Å². The van der Waals surface area contributed by atoms with E-state index >= 15 is 0 Å². The average Bonchev–Trinajstić information content (AvgIpc) is 2.25. The van der Waals surface area contributed by atoms with Gasteiger partial charge >= 0.3 is 0 Å². The number of halogens is 2. The fraction of sp³-hybridized carbons (Fsp3) is 0.429. The van der Waals surface area contributed by atoms with Crippen LogP contribution in [0.3, 0.4) is 0 Å². The summed E-state index contributed by atoms with van der Waals surface area (Å²) in [6, 6.07) is 4.45. The van der Waals surface area contributed by atoms with Crippen LogP contribution in [0.15, 0.2) is 35.3 Å². The lowest BCUT2D eigenvalue weighted by Gasteiger charge is -2.24. The fourth-order valence-electron chi connectivity index (χ4n) is 1.50. The maximum absolute atomic E-state index is 13.4. The predicted octanol–water partition coefficient (Wildman–Crippen LogP) is 4.26. The molecular formula is C14H19BrFNOS. The zero-order chi connectivity index (χ0) is 14.6. The molecule has 2 nitrogen and oxygen atoms in total. The third-order valence-corrected chi connectivity index (χ3v) is 4.56. The Bertz CT molecular complexity index is 465. The summed E-state index contributed by atoms with van der Waals surface area (Å²) in [5.41, 5.74) is 0.754. The second-order valence-corrected chi connectivity index (χ2v) is 8.19. The molecule has 0 unspecified atom stereocenters. The minimum atomic E-state index is -1.22. The van der Waals surface area contributed by atoms with Gasteiger partial charge in [-0.05, 0) is 51.0 Å². The van der Waals surface area contributed by atoms with Crippen molar-refractivity contribution in [3.05, 3.63) is 46.7 Å². The van der Waals surface area contributed by atoms with E-state index in [0.29, 0.717) is 10.9 Å². The van der Waals surface area contributed by atoms with Crippen molar-refractivity contribution in [3.63, 3.8) is 0 Å². The van der Waals surface area contributed by atoms with E-state index in [1.165, 1.54) is 12.1 Å². The van der Waals surface area contributed by atoms with Gasteiger partial charge in [-0.15, -0.1) is 6.58 Å². The van der Waals surface area contributed by atoms with E-state index in [0.717, 1.165) is 5.56 Å². The van der Waals surface area contributed by atoms with Gasteiger partial charge in [0.05, 0.1) is 15.7 Å². The van der Waals surface area contributed by atoms with Crippen molar-refractivity contribution in [2.45, 2.75) is 38.0 Å². The Hall–Kier alpha value is -0.520. The highest BCUT2D eigenvalue weighted by Crippen LogP contribution is 2.24. The zero-order valence-corrected chi connectivity index (χ0v) is 13.8. The Morgan fingerprint density at radius 2 is 2.11 bits per heavy atom. The molecule has 0 aliphatic rings. The number of rotatable bonds is 5. The van der Waals surface area contributed by atoms with Crippen molar-refractivity contribution in [1.82, 2.24) is 4.72 Å². The number of hydrogen-bond donors (Lipinski definition) is 1. The van der Waals surface area contributed by atoms with Crippen LogP contribution in [0.2, 0.25) is 0 Å². The third-order valence-electron chi connectivity index (χ3n) is 2.50. The van der Waals surface area contributed by atoms with Gasteiger partial charge in [0.2, 0.25) is 0 Å². The summed E-state index contributed by atoms with van der Waals surface area (Å²) in [4.78, 5) is 0. The standard InChI is InChI=1S/C14H19BrFNOS/c1-5-6-13(17-19(18)14(2,3)4)10-7-11(15)9-12(16)8-10/h5,7-9,13,17H,1,6H2,2-4H3/t13-,19+/m0/s1. The molecule has 2 atom stereocenters. The lowest BCUT2D eigenvalue weighted by molar-refractivity contribution is 0.591. The minimum Gasteiger partial charge on any atom is -0.242 e. The molecule has 0 aromatic heterocycles. The molecule has 0 spiro atoms. The second-order valence-electron chi connectivity index (χ2n) is 5.28. The maximum Gasteiger partial charge on any atom is 0.124 e. The van der Waals surface area contributed by atoms with Crippen molar-refractivity contribution < 1.29 is 8.60 Å². The number of hydrogen-bond acceptors (Lipinski definition) is 1. The molecule has 0 saturated carbocycles. The molecule has 0 aliphatic heterocycles. The van der Waals surface area contributed by atoms with E-state index in [1.807, 2.05) is 26.8 Å². The van der Waals surface area contributed by atoms with Gasteiger partial charge in [-0.25, -0.2) is 13.3 Å². The van der Waals surface area contributed by atoms with Crippen LogP contribution in [-0.4, -0.2) is 8.96 Å². The molecule has 106 valence electrons. The predicted molar refractivity (Wildman–Crippen MR) is 82.7 cm³/mol. The van der Waals surface area contributed by atoms with Crippen LogP contribution < -0.4 is 4.72 Å². The van der Waals surface area contributed by atoms with Crippen LogP contribution in [0, 0.1) is 5.82 Å². The largest absolute Gasteiger partial charge is 0.242 e. The van der Waals surface area contributed by atoms with Crippen LogP contribution in [0.4, 0.5) is 4.39 Å². The Labute approximate surface area is 125 Å². The van der Waals surface area contributed by atoms with Crippen molar-refractivity contribution in [2.75, 3.05) is 0 Å². The summed E-state index contributed by atoms with van der Waals surface area (Å²) in [5, 5.41) is 0. The molecule has 0 radical (unpaired) electrons. The SMILES string of the molecule is C=CC[C@H](N[S@](=O)C(C)(C)C)c1cc(F)cc(Br)c1. The fourth-order valence-corrected chi connectivity index (χ4v) is 2.83. The molecule has 0 amide bonds. The summed E-state index contributed by atoms with van der Waals surface area (Å²) in [7, 11) is -1.22. The zero-order valence-electron chi connectivity index (χ0n) is 11.4. The highest BCUT2D eigenvalue weighted by atomic mass is 79.9. The van der Waals surface area contributed by atoms with E-state index in [2.05, 4.69) is 27.2 Å². The lowest BCUT2D eigenvalue weighted by Crippen LogP contribution is -2.35. The van der Waals surface area contributed by atoms with E-state index in [9.17, 15) is 8.60 Å². The Morgan fingerprint density at radius 1 is 1.47 bits per heavy atom. The van der Waals surface area contributed by atoms with Crippen LogP contribution in [0.25, 0.3) is 0 Å². The lowest BCUT2D eigenvalue weighted by atomic mass is 10.0. The van der Waals surface area contributed by atoms with E-state index in [4.69, 9.17) is 0 Å². The number of nitrogens with one attached hydrogen (secondary N) is 1. The third kappa shape index (κ3) is 5.16. The highest BCUT2D eigenvalue weighted by Gasteiger charge is 2.23. The molecule has 19 heavy (non-hydrogen) atoms. The Morgan fingerprint density at radius 3 is 2.58 bits per heavy atom. The van der Waals surface area contributed by atoms with Gasteiger partial charge in [0.25, 0.3) is 0 Å². The normalized spacial score (nSPS) is 15.0. The van der Waals surface area contributed by atoms with Crippen molar-refractivity contribution in [1.29, 1.82) is 0 Å². The maximum atomic E-state index is 13.4. The molecule has 1 aromatic carbocycles. The highest BCUT2D eigenvalue weighted by molar-refractivity contribution is 9.10. The van der Waals surface area contributed by atoms with Gasteiger partial charge < -0.3 is 0 Å². The monoisotopic (exact) mass is 347 g/mol.